The molecule has 0 saturated carbocycles. The van der Waals surface area contributed by atoms with Crippen LogP contribution in [0.4, 0.5) is 11.4 Å². The summed E-state index contributed by atoms with van der Waals surface area (Å²) in [6, 6.07) is 11.9. The molecule has 12 heteroatoms. The Morgan fingerprint density at radius 3 is 1.22 bits per heavy atom. The molecule has 0 fully saturated rings. The third-order valence-electron chi connectivity index (χ3n) is 6.64. The lowest BCUT2D eigenvalue weighted by Gasteiger charge is -2.12. The molecule has 2 atom stereocenters. The molecule has 0 aliphatic heterocycles. The van der Waals surface area contributed by atoms with Crippen LogP contribution >= 0.6 is 0 Å². The number of carbonyl (C=O) groups excluding carboxylic acids is 2. The summed E-state index contributed by atoms with van der Waals surface area (Å²) in [4.78, 5) is 24.8. The smallest absolute Gasteiger partial charge is 0.240 e. The van der Waals surface area contributed by atoms with Gasteiger partial charge in [0.15, 0.2) is 0 Å². The number of amides is 2. The monoisotopic (exact) mass is 608 g/mol. The van der Waals surface area contributed by atoms with Crippen molar-refractivity contribution in [3.05, 3.63) is 48.5 Å². The summed E-state index contributed by atoms with van der Waals surface area (Å²) in [5.74, 6) is -0.264. The van der Waals surface area contributed by atoms with Gasteiger partial charge >= 0.3 is 0 Å². The molecule has 0 aromatic heterocycles. The average molecular weight is 609 g/mol. The highest BCUT2D eigenvalue weighted by Crippen LogP contribution is 2.17. The van der Waals surface area contributed by atoms with E-state index in [9.17, 15) is 26.4 Å². The zero-order valence-corrected chi connectivity index (χ0v) is 26.0. The van der Waals surface area contributed by atoms with Gasteiger partial charge in [0.05, 0.1) is 9.79 Å². The molecule has 0 aliphatic carbocycles. The Hall–Kier alpha value is -2.80. The van der Waals surface area contributed by atoms with Crippen molar-refractivity contribution in [2.45, 2.75) is 107 Å². The summed E-state index contributed by atoms with van der Waals surface area (Å²) < 4.78 is 54.6. The van der Waals surface area contributed by atoms with Crippen molar-refractivity contribution in [1.29, 1.82) is 0 Å². The fourth-order valence-electron chi connectivity index (χ4n) is 3.82. The van der Waals surface area contributed by atoms with Gasteiger partial charge in [0.1, 0.15) is 0 Å². The Balaban J connectivity index is 1.62. The van der Waals surface area contributed by atoms with Gasteiger partial charge in [0, 0.05) is 36.3 Å². The van der Waals surface area contributed by atoms with Gasteiger partial charge < -0.3 is 10.6 Å². The molecule has 2 aromatic rings. The van der Waals surface area contributed by atoms with Crippen LogP contribution in [0.3, 0.4) is 0 Å². The van der Waals surface area contributed by atoms with E-state index in [1.807, 2.05) is 13.8 Å². The Morgan fingerprint density at radius 2 is 0.902 bits per heavy atom. The Bertz CT molecular complexity index is 1220. The Kier molecular flexibility index (Phi) is 13.9. The highest BCUT2D eigenvalue weighted by Gasteiger charge is 2.17. The van der Waals surface area contributed by atoms with Crippen molar-refractivity contribution in [3.8, 4) is 0 Å². The topological polar surface area (TPSA) is 151 Å². The summed E-state index contributed by atoms with van der Waals surface area (Å²) in [5.41, 5.74) is 1.09. The van der Waals surface area contributed by atoms with Crippen LogP contribution in [0.1, 0.15) is 85.5 Å². The van der Waals surface area contributed by atoms with Gasteiger partial charge in [0.25, 0.3) is 0 Å². The quantitative estimate of drug-likeness (QED) is 0.172. The van der Waals surface area contributed by atoms with Crippen LogP contribution in [0.2, 0.25) is 0 Å². The van der Waals surface area contributed by atoms with Crippen molar-refractivity contribution in [2.24, 2.45) is 0 Å². The summed E-state index contributed by atoms with van der Waals surface area (Å²) in [5, 5.41) is 5.58. The molecule has 0 radical (unpaired) electrons. The number of anilines is 2. The normalized spacial score (nSPS) is 13.4. The molecule has 228 valence electrons. The second-order valence-corrected chi connectivity index (χ2v) is 13.7. The standard InChI is InChI=1S/C29H44N4O6S2/c1-5-22(3)32-40(36,37)26-18-14-24(15-19-26)30-28(34)12-10-8-7-9-11-13-29(35)31-25-16-20-27(21-17-25)41(38,39)33-23(4)6-2/h14-23,32-33H,5-13H2,1-4H3,(H,30,34)(H,31,35). The number of hydrogen-bond donors (Lipinski definition) is 4. The Morgan fingerprint density at radius 1 is 0.585 bits per heavy atom. The molecule has 0 spiro atoms. The minimum Gasteiger partial charge on any atom is -0.326 e. The Labute approximate surface area is 245 Å². The summed E-state index contributed by atoms with van der Waals surface area (Å²) >= 11 is 0. The lowest BCUT2D eigenvalue weighted by Crippen LogP contribution is -2.31. The molecule has 2 rings (SSSR count). The van der Waals surface area contributed by atoms with Crippen molar-refractivity contribution >= 4 is 43.2 Å². The molecular weight excluding hydrogens is 564 g/mol. The van der Waals surface area contributed by atoms with Crippen molar-refractivity contribution in [2.75, 3.05) is 10.6 Å². The van der Waals surface area contributed by atoms with Gasteiger partial charge in [0.2, 0.25) is 31.9 Å². The second-order valence-electron chi connectivity index (χ2n) is 10.3. The molecular formula is C29H44N4O6S2. The van der Waals surface area contributed by atoms with Crippen LogP contribution in [0.15, 0.2) is 58.3 Å². The summed E-state index contributed by atoms with van der Waals surface area (Å²) in [6.45, 7) is 7.41. The highest BCUT2D eigenvalue weighted by molar-refractivity contribution is 7.89. The molecule has 0 aliphatic rings. The van der Waals surface area contributed by atoms with E-state index in [1.165, 1.54) is 24.3 Å². The average Bonchev–Trinajstić information content (AvgIpc) is 2.92. The number of carbonyl (C=O) groups is 2. The molecule has 2 unspecified atom stereocenters. The van der Waals surface area contributed by atoms with E-state index in [0.29, 0.717) is 49.9 Å². The van der Waals surface area contributed by atoms with Gasteiger partial charge in [-0.3, -0.25) is 9.59 Å². The SMILES string of the molecule is CCC(C)NS(=O)(=O)c1ccc(NC(=O)CCCCCCCC(=O)Nc2ccc(S(=O)(=O)NC(C)CC)cc2)cc1. The number of unbranched alkanes of at least 4 members (excludes halogenated alkanes) is 4. The summed E-state index contributed by atoms with van der Waals surface area (Å²) in [7, 11) is -7.17. The predicted molar refractivity (Wildman–Crippen MR) is 163 cm³/mol. The minimum absolute atomic E-state index is 0.132. The van der Waals surface area contributed by atoms with Crippen LogP contribution in [0.25, 0.3) is 0 Å². The van der Waals surface area contributed by atoms with Crippen LogP contribution < -0.4 is 20.1 Å². The lowest BCUT2D eigenvalue weighted by atomic mass is 10.1. The maximum Gasteiger partial charge on any atom is 0.240 e. The third kappa shape index (κ3) is 12.3. The third-order valence-corrected chi connectivity index (χ3v) is 9.85. The number of nitrogens with one attached hydrogen (secondary N) is 4. The van der Waals surface area contributed by atoms with E-state index < -0.39 is 20.0 Å². The van der Waals surface area contributed by atoms with E-state index in [0.717, 1.165) is 19.3 Å². The predicted octanol–water partition coefficient (Wildman–Crippen LogP) is 5.15. The van der Waals surface area contributed by atoms with Crippen LogP contribution in [0, 0.1) is 0 Å². The molecule has 2 aromatic carbocycles. The number of sulfonamides is 2. The van der Waals surface area contributed by atoms with E-state index >= 15 is 0 Å². The van der Waals surface area contributed by atoms with E-state index in [1.54, 1.807) is 38.1 Å². The summed E-state index contributed by atoms with van der Waals surface area (Å²) in [6.07, 6.45) is 6.12. The first kappa shape index (κ1) is 34.4. The first-order valence-corrected chi connectivity index (χ1v) is 17.2. The van der Waals surface area contributed by atoms with Gasteiger partial charge in [-0.1, -0.05) is 33.1 Å². The number of rotatable bonds is 18. The van der Waals surface area contributed by atoms with Gasteiger partial charge in [-0.2, -0.15) is 0 Å². The molecule has 0 heterocycles. The molecule has 2 amide bonds. The first-order valence-electron chi connectivity index (χ1n) is 14.2. The van der Waals surface area contributed by atoms with Crippen LogP contribution in [-0.2, 0) is 29.6 Å². The first-order chi connectivity index (χ1) is 19.4. The second kappa shape index (κ2) is 16.6. The highest BCUT2D eigenvalue weighted by atomic mass is 32.2. The van der Waals surface area contributed by atoms with Gasteiger partial charge in [-0.15, -0.1) is 0 Å². The van der Waals surface area contributed by atoms with Gasteiger partial charge in [-0.25, -0.2) is 26.3 Å². The molecule has 0 saturated heterocycles. The van der Waals surface area contributed by atoms with E-state index in [4.69, 9.17) is 0 Å². The van der Waals surface area contributed by atoms with Crippen molar-refractivity contribution < 1.29 is 26.4 Å². The molecule has 41 heavy (non-hydrogen) atoms. The van der Waals surface area contributed by atoms with E-state index in [2.05, 4.69) is 20.1 Å². The maximum atomic E-state index is 12.3. The van der Waals surface area contributed by atoms with E-state index in [-0.39, 0.29) is 33.7 Å². The maximum absolute atomic E-state index is 12.3. The largest absolute Gasteiger partial charge is 0.326 e. The fraction of sp³-hybridized carbons (Fsp3) is 0.517. The van der Waals surface area contributed by atoms with Crippen LogP contribution in [0.5, 0.6) is 0 Å². The number of hydrogen-bond acceptors (Lipinski definition) is 6. The van der Waals surface area contributed by atoms with Crippen molar-refractivity contribution in [1.82, 2.24) is 9.44 Å². The molecule has 10 nitrogen and oxygen atoms in total. The zero-order valence-electron chi connectivity index (χ0n) is 24.4. The number of benzene rings is 2. The lowest BCUT2D eigenvalue weighted by molar-refractivity contribution is -0.117. The molecule has 0 bridgehead atoms. The van der Waals surface area contributed by atoms with Crippen molar-refractivity contribution in [3.63, 3.8) is 0 Å². The van der Waals surface area contributed by atoms with Crippen LogP contribution in [-0.4, -0.2) is 40.7 Å². The molecule has 4 N–H and O–H groups in total. The zero-order chi connectivity index (χ0) is 30.5. The van der Waals surface area contributed by atoms with Gasteiger partial charge in [-0.05, 0) is 88.1 Å². The fourth-order valence-corrected chi connectivity index (χ4v) is 6.47. The minimum atomic E-state index is -3.58.